The Balaban J connectivity index is 1.81. The highest BCUT2D eigenvalue weighted by Gasteiger charge is 2.42. The van der Waals surface area contributed by atoms with Gasteiger partial charge in [-0.25, -0.2) is 9.78 Å². The van der Waals surface area contributed by atoms with Crippen LogP contribution in [0.15, 0.2) is 42.6 Å². The molecule has 2 aromatic rings. The lowest BCUT2D eigenvalue weighted by Crippen LogP contribution is -2.53. The first kappa shape index (κ1) is 30.4. The highest BCUT2D eigenvalue weighted by molar-refractivity contribution is 5.93. The Bertz CT molecular complexity index is 1270. The van der Waals surface area contributed by atoms with Crippen LogP contribution in [0.2, 0.25) is 0 Å². The van der Waals surface area contributed by atoms with Gasteiger partial charge in [-0.2, -0.15) is 0 Å². The number of carbonyl (C=O) groups is 4. The third kappa shape index (κ3) is 8.17. The van der Waals surface area contributed by atoms with Crippen LogP contribution in [0.1, 0.15) is 53.4 Å². The maximum absolute atomic E-state index is 13.7. The summed E-state index contributed by atoms with van der Waals surface area (Å²) < 4.78 is 16.8. The number of likely N-dealkylation sites (tertiary alicyclic amines) is 1. The second kappa shape index (κ2) is 13.3. The van der Waals surface area contributed by atoms with Gasteiger partial charge in [0.25, 0.3) is 0 Å². The molecule has 1 aromatic heterocycles. The predicted molar refractivity (Wildman–Crippen MR) is 149 cm³/mol. The second-order valence-electron chi connectivity index (χ2n) is 10.6. The Morgan fingerprint density at radius 2 is 1.98 bits per heavy atom. The Morgan fingerprint density at radius 1 is 1.23 bits per heavy atom. The van der Waals surface area contributed by atoms with Gasteiger partial charge in [-0.05, 0) is 69.3 Å². The molecule has 3 rings (SSSR count). The first-order valence-electron chi connectivity index (χ1n) is 13.3. The van der Waals surface area contributed by atoms with Crippen LogP contribution < -0.4 is 20.5 Å². The Labute approximate surface area is 234 Å². The first-order chi connectivity index (χ1) is 18.9. The summed E-state index contributed by atoms with van der Waals surface area (Å²) in [6, 6.07) is 5.21. The first-order valence-corrected chi connectivity index (χ1v) is 13.3. The number of pyridine rings is 1. The standard InChI is InChI=1S/C29H38N4O7/c1-6-7-8-19(34)9-12-23(32-28(37)40-29(2,3)4)27(36)33-17-21(16-24(33)25(30)35)39-26-22-11-10-20(38-5)15-18(22)13-14-31-26/h7-8,10-11,13-15,21,23-24H,6,9,12,16-17H2,1-5H3,(H2,30,35)(H,32,37). The minimum Gasteiger partial charge on any atom is -0.497 e. The molecule has 1 aliphatic rings. The zero-order valence-corrected chi connectivity index (χ0v) is 23.6. The molecule has 0 bridgehead atoms. The summed E-state index contributed by atoms with van der Waals surface area (Å²) in [5, 5.41) is 4.17. The van der Waals surface area contributed by atoms with Crippen LogP contribution >= 0.6 is 0 Å². The lowest BCUT2D eigenvalue weighted by Gasteiger charge is -2.28. The van der Waals surface area contributed by atoms with Crippen LogP contribution in [0, 0.1) is 0 Å². The van der Waals surface area contributed by atoms with E-state index in [4.69, 9.17) is 19.9 Å². The summed E-state index contributed by atoms with van der Waals surface area (Å²) in [6.07, 6.45) is 4.26. The molecular formula is C29H38N4O7. The van der Waals surface area contributed by atoms with Gasteiger partial charge in [0.2, 0.25) is 17.7 Å². The molecule has 11 nitrogen and oxygen atoms in total. The number of allylic oxidation sites excluding steroid dienone is 2. The summed E-state index contributed by atoms with van der Waals surface area (Å²) in [5.74, 6) is -0.405. The number of nitrogens with one attached hydrogen (secondary N) is 1. The number of hydrogen-bond donors (Lipinski definition) is 2. The molecule has 1 fully saturated rings. The molecule has 11 heteroatoms. The molecule has 3 amide bonds. The van der Waals surface area contributed by atoms with Crippen LogP contribution in [-0.4, -0.2) is 71.0 Å². The number of ketones is 1. The smallest absolute Gasteiger partial charge is 0.408 e. The quantitative estimate of drug-likeness (QED) is 0.402. The highest BCUT2D eigenvalue weighted by atomic mass is 16.6. The zero-order chi connectivity index (χ0) is 29.4. The molecule has 40 heavy (non-hydrogen) atoms. The molecule has 216 valence electrons. The van der Waals surface area contributed by atoms with Crippen molar-refractivity contribution in [3.8, 4) is 11.6 Å². The van der Waals surface area contributed by atoms with E-state index in [-0.39, 0.29) is 31.6 Å². The van der Waals surface area contributed by atoms with Gasteiger partial charge in [0.05, 0.1) is 13.7 Å². The lowest BCUT2D eigenvalue weighted by atomic mass is 10.1. The van der Waals surface area contributed by atoms with Crippen LogP contribution in [0.3, 0.4) is 0 Å². The molecular weight excluding hydrogens is 516 g/mol. The highest BCUT2D eigenvalue weighted by Crippen LogP contribution is 2.30. The van der Waals surface area contributed by atoms with E-state index < -0.39 is 41.7 Å². The Morgan fingerprint density at radius 3 is 2.62 bits per heavy atom. The molecule has 3 N–H and O–H groups in total. The fraction of sp³-hybridized carbons (Fsp3) is 0.483. The number of rotatable bonds is 11. The van der Waals surface area contributed by atoms with Crippen molar-refractivity contribution in [1.29, 1.82) is 0 Å². The van der Waals surface area contributed by atoms with E-state index >= 15 is 0 Å². The van der Waals surface area contributed by atoms with E-state index in [0.29, 0.717) is 18.1 Å². The number of alkyl carbamates (subject to hydrolysis) is 1. The number of benzene rings is 1. The largest absolute Gasteiger partial charge is 0.497 e. The third-order valence-electron chi connectivity index (χ3n) is 6.30. The van der Waals surface area contributed by atoms with E-state index in [1.54, 1.807) is 46.2 Å². The topological polar surface area (TPSA) is 150 Å². The summed E-state index contributed by atoms with van der Waals surface area (Å²) in [6.45, 7) is 7.04. The van der Waals surface area contributed by atoms with Crippen molar-refractivity contribution in [3.05, 3.63) is 42.6 Å². The predicted octanol–water partition coefficient (Wildman–Crippen LogP) is 3.29. The summed E-state index contributed by atoms with van der Waals surface area (Å²) in [4.78, 5) is 56.6. The van der Waals surface area contributed by atoms with Crippen molar-refractivity contribution in [2.75, 3.05) is 13.7 Å². The van der Waals surface area contributed by atoms with Gasteiger partial charge in [0, 0.05) is 24.4 Å². The molecule has 0 radical (unpaired) electrons. The number of aromatic nitrogens is 1. The number of nitrogens with two attached hydrogens (primary N) is 1. The Hall–Kier alpha value is -4.15. The average Bonchev–Trinajstić information content (AvgIpc) is 3.32. The van der Waals surface area contributed by atoms with E-state index in [1.807, 2.05) is 25.1 Å². The summed E-state index contributed by atoms with van der Waals surface area (Å²) >= 11 is 0. The molecule has 0 aliphatic carbocycles. The van der Waals surface area contributed by atoms with Gasteiger partial charge in [-0.3, -0.25) is 14.4 Å². The molecule has 0 spiro atoms. The molecule has 1 aromatic carbocycles. The fourth-order valence-electron chi connectivity index (χ4n) is 4.43. The van der Waals surface area contributed by atoms with Crippen LogP contribution in [0.25, 0.3) is 10.8 Å². The van der Waals surface area contributed by atoms with Gasteiger partial charge >= 0.3 is 6.09 Å². The number of nitrogens with zero attached hydrogens (tertiary/aromatic N) is 2. The number of amides is 3. The van der Waals surface area contributed by atoms with Crippen molar-refractivity contribution >= 4 is 34.5 Å². The van der Waals surface area contributed by atoms with Gasteiger partial charge in [-0.1, -0.05) is 13.0 Å². The molecule has 2 heterocycles. The fourth-order valence-corrected chi connectivity index (χ4v) is 4.43. The van der Waals surface area contributed by atoms with Crippen molar-refractivity contribution < 1.29 is 33.4 Å². The van der Waals surface area contributed by atoms with E-state index in [9.17, 15) is 19.2 Å². The van der Waals surface area contributed by atoms with Crippen molar-refractivity contribution in [3.63, 3.8) is 0 Å². The van der Waals surface area contributed by atoms with E-state index in [0.717, 1.165) is 10.8 Å². The van der Waals surface area contributed by atoms with Gasteiger partial charge in [0.1, 0.15) is 29.5 Å². The average molecular weight is 555 g/mol. The van der Waals surface area contributed by atoms with E-state index in [1.165, 1.54) is 11.0 Å². The number of methoxy groups -OCH3 is 1. The molecule has 3 atom stereocenters. The zero-order valence-electron chi connectivity index (χ0n) is 23.6. The van der Waals surface area contributed by atoms with Crippen molar-refractivity contribution in [1.82, 2.24) is 15.2 Å². The second-order valence-corrected chi connectivity index (χ2v) is 10.6. The van der Waals surface area contributed by atoms with Crippen LogP contribution in [0.5, 0.6) is 11.6 Å². The summed E-state index contributed by atoms with van der Waals surface area (Å²) in [5.41, 5.74) is 4.88. The number of carbonyl (C=O) groups excluding carboxylic acids is 4. The summed E-state index contributed by atoms with van der Waals surface area (Å²) in [7, 11) is 1.58. The van der Waals surface area contributed by atoms with E-state index in [2.05, 4.69) is 10.3 Å². The molecule has 0 saturated carbocycles. The van der Waals surface area contributed by atoms with Crippen molar-refractivity contribution in [2.24, 2.45) is 5.73 Å². The molecule has 1 saturated heterocycles. The van der Waals surface area contributed by atoms with Crippen LogP contribution in [0.4, 0.5) is 4.79 Å². The minimum atomic E-state index is -1.11. The monoisotopic (exact) mass is 554 g/mol. The number of hydrogen-bond acceptors (Lipinski definition) is 8. The van der Waals surface area contributed by atoms with Gasteiger partial charge < -0.3 is 30.2 Å². The number of fused-ring (bicyclic) bond motifs is 1. The normalized spacial score (nSPS) is 18.0. The number of ether oxygens (including phenoxy) is 3. The third-order valence-corrected chi connectivity index (χ3v) is 6.30. The minimum absolute atomic E-state index is 0.0150. The number of primary amides is 1. The van der Waals surface area contributed by atoms with Crippen LogP contribution in [-0.2, 0) is 19.1 Å². The SMILES string of the molecule is CCC=CC(=O)CCC(NC(=O)OC(C)(C)C)C(=O)N1CC(Oc2nccc3cc(OC)ccc23)CC1C(N)=O. The van der Waals surface area contributed by atoms with Gasteiger partial charge in [-0.15, -0.1) is 0 Å². The molecule has 3 unspecified atom stereocenters. The molecule has 1 aliphatic heterocycles. The Kier molecular flexibility index (Phi) is 10.1. The van der Waals surface area contributed by atoms with Crippen molar-refractivity contribution in [2.45, 2.75) is 77.2 Å². The lowest BCUT2D eigenvalue weighted by molar-refractivity contribution is -0.139. The maximum atomic E-state index is 13.7. The maximum Gasteiger partial charge on any atom is 0.408 e. The van der Waals surface area contributed by atoms with Gasteiger partial charge in [0.15, 0.2) is 5.78 Å².